The van der Waals surface area contributed by atoms with E-state index in [0.717, 1.165) is 0 Å². The van der Waals surface area contributed by atoms with Gasteiger partial charge in [-0.15, -0.1) is 12.4 Å². The fraction of sp³-hybridized carbons (Fsp3) is 0.333. The third-order valence-electron chi connectivity index (χ3n) is 2.75. The second-order valence-electron chi connectivity index (χ2n) is 4.03. The SMILES string of the molecule is COC(=O)c1ccc([C@H]2NC(=O)OCC2(F)F)cc1.Cl. The highest BCUT2D eigenvalue weighted by atomic mass is 35.5. The fourth-order valence-corrected chi connectivity index (χ4v) is 1.77. The first-order chi connectivity index (χ1) is 8.94. The molecule has 1 aromatic rings. The minimum absolute atomic E-state index is 0. The smallest absolute Gasteiger partial charge is 0.408 e. The van der Waals surface area contributed by atoms with E-state index in [9.17, 15) is 18.4 Å². The molecule has 0 saturated carbocycles. The van der Waals surface area contributed by atoms with Crippen molar-refractivity contribution in [3.8, 4) is 0 Å². The Balaban J connectivity index is 0.00000200. The zero-order valence-corrected chi connectivity index (χ0v) is 11.2. The van der Waals surface area contributed by atoms with Gasteiger partial charge in [-0.25, -0.2) is 18.4 Å². The number of cyclic esters (lactones) is 1. The minimum Gasteiger partial charge on any atom is -0.465 e. The summed E-state index contributed by atoms with van der Waals surface area (Å²) in [7, 11) is 1.23. The quantitative estimate of drug-likeness (QED) is 0.852. The van der Waals surface area contributed by atoms with Gasteiger partial charge in [0.1, 0.15) is 6.04 Å². The molecular formula is C12H12ClF2NO4. The van der Waals surface area contributed by atoms with Crippen molar-refractivity contribution in [1.29, 1.82) is 0 Å². The maximum atomic E-state index is 13.6. The number of hydrogen-bond acceptors (Lipinski definition) is 4. The molecule has 1 atom stereocenters. The summed E-state index contributed by atoms with van der Waals surface area (Å²) in [5.41, 5.74) is 0.433. The largest absolute Gasteiger partial charge is 0.465 e. The van der Waals surface area contributed by atoms with E-state index in [1.54, 1.807) is 0 Å². The standard InChI is InChI=1S/C12H11F2NO4.ClH/c1-18-10(16)8-4-2-7(3-5-8)9-12(13,14)6-19-11(17)15-9;/h2-5,9H,6H2,1H3,(H,15,17);1H/t9-;/m1./s1. The van der Waals surface area contributed by atoms with Crippen molar-refractivity contribution in [1.82, 2.24) is 5.32 Å². The Morgan fingerprint density at radius 1 is 1.40 bits per heavy atom. The van der Waals surface area contributed by atoms with Crippen LogP contribution in [0.2, 0.25) is 0 Å². The molecule has 1 amide bonds. The average molecular weight is 308 g/mol. The minimum atomic E-state index is -3.21. The number of halogens is 3. The summed E-state index contributed by atoms with van der Waals surface area (Å²) in [5, 5.41) is 2.06. The maximum absolute atomic E-state index is 13.6. The van der Waals surface area contributed by atoms with E-state index in [1.807, 2.05) is 0 Å². The van der Waals surface area contributed by atoms with Crippen molar-refractivity contribution >= 4 is 24.5 Å². The second kappa shape index (κ2) is 6.04. The van der Waals surface area contributed by atoms with Crippen LogP contribution in [0.3, 0.4) is 0 Å². The van der Waals surface area contributed by atoms with Crippen molar-refractivity contribution in [2.75, 3.05) is 13.7 Å². The molecular weight excluding hydrogens is 296 g/mol. The second-order valence-corrected chi connectivity index (χ2v) is 4.03. The van der Waals surface area contributed by atoms with Gasteiger partial charge in [0.15, 0.2) is 6.61 Å². The summed E-state index contributed by atoms with van der Waals surface area (Å²) < 4.78 is 36.0. The van der Waals surface area contributed by atoms with Crippen LogP contribution < -0.4 is 5.32 Å². The summed E-state index contributed by atoms with van der Waals surface area (Å²) >= 11 is 0. The third-order valence-corrected chi connectivity index (χ3v) is 2.75. The monoisotopic (exact) mass is 307 g/mol. The highest BCUT2D eigenvalue weighted by Gasteiger charge is 2.46. The van der Waals surface area contributed by atoms with E-state index in [2.05, 4.69) is 14.8 Å². The van der Waals surface area contributed by atoms with Crippen molar-refractivity contribution in [3.63, 3.8) is 0 Å². The molecule has 1 heterocycles. The lowest BCUT2D eigenvalue weighted by Crippen LogP contribution is -2.49. The number of esters is 1. The molecule has 1 fully saturated rings. The number of benzene rings is 1. The number of alkyl halides is 2. The lowest BCUT2D eigenvalue weighted by molar-refractivity contribution is -0.104. The lowest BCUT2D eigenvalue weighted by Gasteiger charge is -2.31. The van der Waals surface area contributed by atoms with Crippen LogP contribution in [0.15, 0.2) is 24.3 Å². The van der Waals surface area contributed by atoms with Gasteiger partial charge in [0, 0.05) is 0 Å². The van der Waals surface area contributed by atoms with E-state index in [0.29, 0.717) is 0 Å². The predicted molar refractivity (Wildman–Crippen MR) is 67.2 cm³/mol. The van der Waals surface area contributed by atoms with E-state index < -0.39 is 30.6 Å². The van der Waals surface area contributed by atoms with Crippen molar-refractivity contribution in [2.45, 2.75) is 12.0 Å². The van der Waals surface area contributed by atoms with Gasteiger partial charge in [-0.1, -0.05) is 12.1 Å². The molecule has 2 rings (SSSR count). The van der Waals surface area contributed by atoms with Crippen LogP contribution >= 0.6 is 12.4 Å². The third kappa shape index (κ3) is 3.16. The van der Waals surface area contributed by atoms with Crippen molar-refractivity contribution < 1.29 is 27.8 Å². The van der Waals surface area contributed by atoms with E-state index in [1.165, 1.54) is 31.4 Å². The van der Waals surface area contributed by atoms with Crippen LogP contribution in [0, 0.1) is 0 Å². The predicted octanol–water partition coefficient (Wildman–Crippen LogP) is 2.31. The first-order valence-electron chi connectivity index (χ1n) is 5.43. The Kier molecular flexibility index (Phi) is 4.88. The molecule has 5 nitrogen and oxygen atoms in total. The molecule has 0 aromatic heterocycles. The average Bonchev–Trinajstić information content (AvgIpc) is 2.41. The molecule has 0 bridgehead atoms. The van der Waals surface area contributed by atoms with Crippen LogP contribution in [0.25, 0.3) is 0 Å². The molecule has 20 heavy (non-hydrogen) atoms. The van der Waals surface area contributed by atoms with Crippen LogP contribution in [-0.2, 0) is 9.47 Å². The lowest BCUT2D eigenvalue weighted by atomic mass is 9.99. The zero-order chi connectivity index (χ0) is 14.0. The van der Waals surface area contributed by atoms with E-state index in [4.69, 9.17) is 0 Å². The first kappa shape index (κ1) is 16.2. The number of nitrogens with one attached hydrogen (secondary N) is 1. The molecule has 0 spiro atoms. The molecule has 0 radical (unpaired) electrons. The Bertz CT molecular complexity index is 507. The van der Waals surface area contributed by atoms with Crippen LogP contribution in [0.4, 0.5) is 13.6 Å². The number of amides is 1. The molecule has 1 N–H and O–H groups in total. The number of alkyl carbamates (subject to hydrolysis) is 1. The maximum Gasteiger partial charge on any atom is 0.408 e. The van der Waals surface area contributed by atoms with Gasteiger partial charge < -0.3 is 14.8 Å². The fourth-order valence-electron chi connectivity index (χ4n) is 1.77. The first-order valence-corrected chi connectivity index (χ1v) is 5.43. The van der Waals surface area contributed by atoms with Crippen LogP contribution in [-0.4, -0.2) is 31.7 Å². The van der Waals surface area contributed by atoms with Crippen molar-refractivity contribution in [3.05, 3.63) is 35.4 Å². The molecule has 1 aromatic carbocycles. The highest BCUT2D eigenvalue weighted by molar-refractivity contribution is 5.89. The van der Waals surface area contributed by atoms with Crippen LogP contribution in [0.1, 0.15) is 22.0 Å². The van der Waals surface area contributed by atoms with Crippen molar-refractivity contribution in [2.24, 2.45) is 0 Å². The van der Waals surface area contributed by atoms with Gasteiger partial charge >= 0.3 is 18.0 Å². The Labute approximate surface area is 119 Å². The van der Waals surface area contributed by atoms with Gasteiger partial charge in [0.2, 0.25) is 0 Å². The van der Waals surface area contributed by atoms with Gasteiger partial charge in [0.25, 0.3) is 0 Å². The molecule has 0 aliphatic carbocycles. The topological polar surface area (TPSA) is 64.6 Å². The molecule has 1 saturated heterocycles. The van der Waals surface area contributed by atoms with Gasteiger partial charge in [-0.2, -0.15) is 0 Å². The summed E-state index contributed by atoms with van der Waals surface area (Å²) in [4.78, 5) is 22.2. The summed E-state index contributed by atoms with van der Waals surface area (Å²) in [6.45, 7) is -0.970. The number of rotatable bonds is 2. The van der Waals surface area contributed by atoms with Gasteiger partial charge in [-0.3, -0.25) is 0 Å². The normalized spacial score (nSPS) is 20.1. The summed E-state index contributed by atoms with van der Waals surface area (Å²) in [5.74, 6) is -3.77. The molecule has 110 valence electrons. The highest BCUT2D eigenvalue weighted by Crippen LogP contribution is 2.34. The molecule has 8 heteroatoms. The Morgan fingerprint density at radius 2 is 2.00 bits per heavy atom. The number of carbonyl (C=O) groups excluding carboxylic acids is 2. The number of ether oxygens (including phenoxy) is 2. The Hall–Kier alpha value is -1.89. The molecule has 0 unspecified atom stereocenters. The summed E-state index contributed by atoms with van der Waals surface area (Å²) in [6, 6.07) is 3.94. The summed E-state index contributed by atoms with van der Waals surface area (Å²) in [6.07, 6.45) is -0.895. The van der Waals surface area contributed by atoms with Gasteiger partial charge in [-0.05, 0) is 17.7 Å². The van der Waals surface area contributed by atoms with E-state index >= 15 is 0 Å². The molecule has 1 aliphatic heterocycles. The van der Waals surface area contributed by atoms with Crippen LogP contribution in [0.5, 0.6) is 0 Å². The number of carbonyl (C=O) groups is 2. The number of methoxy groups -OCH3 is 1. The molecule has 1 aliphatic rings. The zero-order valence-electron chi connectivity index (χ0n) is 10.4. The van der Waals surface area contributed by atoms with Gasteiger partial charge in [0.05, 0.1) is 12.7 Å². The van der Waals surface area contributed by atoms with E-state index in [-0.39, 0.29) is 23.5 Å². The Morgan fingerprint density at radius 3 is 2.55 bits per heavy atom. The number of hydrogen-bond donors (Lipinski definition) is 1.